The lowest BCUT2D eigenvalue weighted by Crippen LogP contribution is -2.13. The van der Waals surface area contributed by atoms with Crippen molar-refractivity contribution in [3.8, 4) is 11.5 Å². The normalized spacial score (nSPS) is 11.7. The minimum absolute atomic E-state index is 0.0179. The molecule has 196 valence electrons. The number of aryl methyl sites for hydroxylation is 1. The molecule has 0 fully saturated rings. The number of amides is 1. The molecular weight excluding hydrogens is 553 g/mol. The van der Waals surface area contributed by atoms with E-state index in [1.807, 2.05) is 0 Å². The summed E-state index contributed by atoms with van der Waals surface area (Å²) in [6.45, 7) is 1.69. The Balaban J connectivity index is 1.79. The van der Waals surface area contributed by atoms with Crippen LogP contribution in [-0.2, 0) is 16.5 Å². The average Bonchev–Trinajstić information content (AvgIpc) is 2.87. The predicted molar refractivity (Wildman–Crippen MR) is 146 cm³/mol. The van der Waals surface area contributed by atoms with Crippen LogP contribution in [-0.4, -0.2) is 31.1 Å². The van der Waals surface area contributed by atoms with Gasteiger partial charge in [-0.05, 0) is 47.7 Å². The highest BCUT2D eigenvalue weighted by Crippen LogP contribution is 2.41. The molecule has 0 spiro atoms. The van der Waals surface area contributed by atoms with Crippen molar-refractivity contribution in [1.29, 1.82) is 0 Å². The third kappa shape index (κ3) is 5.58. The summed E-state index contributed by atoms with van der Waals surface area (Å²) in [4.78, 5) is 12.8. The van der Waals surface area contributed by atoms with Gasteiger partial charge < -0.3 is 15.2 Å². The van der Waals surface area contributed by atoms with Gasteiger partial charge in [-0.3, -0.25) is 9.35 Å². The number of hydrogen-bond donors (Lipinski definition) is 3. The first-order chi connectivity index (χ1) is 18.0. The van der Waals surface area contributed by atoms with E-state index in [0.717, 1.165) is 0 Å². The number of nitrogens with zero attached hydrogens (tertiary/aromatic N) is 2. The van der Waals surface area contributed by atoms with E-state index >= 15 is 0 Å². The number of hydrogen-bond acceptors (Lipinski definition) is 7. The average molecular weight is 574 g/mol. The third-order valence-corrected chi connectivity index (χ3v) is 7.30. The van der Waals surface area contributed by atoms with E-state index in [1.54, 1.807) is 49.4 Å². The third-order valence-electron chi connectivity index (χ3n) is 5.66. The summed E-state index contributed by atoms with van der Waals surface area (Å²) in [7, 11) is -3.11. The van der Waals surface area contributed by atoms with Crippen molar-refractivity contribution in [1.82, 2.24) is 0 Å². The van der Waals surface area contributed by atoms with Crippen LogP contribution in [0.3, 0.4) is 0 Å². The van der Waals surface area contributed by atoms with Gasteiger partial charge in [-0.15, -0.1) is 5.11 Å². The van der Waals surface area contributed by atoms with Gasteiger partial charge in [0.1, 0.15) is 16.3 Å². The van der Waals surface area contributed by atoms with Crippen LogP contribution in [0.4, 0.5) is 17.1 Å². The second-order valence-corrected chi connectivity index (χ2v) is 10.3. The summed E-state index contributed by atoms with van der Waals surface area (Å²) in [5, 5.41) is 23.4. The SMILES string of the molecule is CCc1cc(N=Nc2c(O)c(C(=O)Nc3ccc(Cl)cc3OC)cc3ccccc23)cc(Cl)c1S(=O)(=O)O. The van der Waals surface area contributed by atoms with E-state index in [2.05, 4.69) is 15.5 Å². The number of fused-ring (bicyclic) bond motifs is 1. The Labute approximate surface area is 228 Å². The Hall–Kier alpha value is -3.70. The van der Waals surface area contributed by atoms with Crippen LogP contribution in [0.2, 0.25) is 10.0 Å². The summed E-state index contributed by atoms with van der Waals surface area (Å²) < 4.78 is 38.3. The van der Waals surface area contributed by atoms with Gasteiger partial charge in [-0.2, -0.15) is 13.5 Å². The number of carbonyl (C=O) groups excluding carboxylic acids is 1. The maximum Gasteiger partial charge on any atom is 0.296 e. The lowest BCUT2D eigenvalue weighted by molar-refractivity contribution is 0.102. The van der Waals surface area contributed by atoms with Gasteiger partial charge in [0.05, 0.1) is 29.1 Å². The van der Waals surface area contributed by atoms with Crippen molar-refractivity contribution in [2.75, 3.05) is 12.4 Å². The number of phenolic OH excluding ortho intramolecular Hbond substituents is 1. The molecule has 0 radical (unpaired) electrons. The molecule has 0 saturated heterocycles. The number of aromatic hydroxyl groups is 1. The molecule has 38 heavy (non-hydrogen) atoms. The highest BCUT2D eigenvalue weighted by atomic mass is 35.5. The molecular formula is C26H21Cl2N3O6S. The van der Waals surface area contributed by atoms with Gasteiger partial charge in [0.2, 0.25) is 0 Å². The molecule has 9 nitrogen and oxygen atoms in total. The molecule has 0 aliphatic rings. The van der Waals surface area contributed by atoms with Crippen LogP contribution in [0.5, 0.6) is 11.5 Å². The Morgan fingerprint density at radius 3 is 2.47 bits per heavy atom. The quantitative estimate of drug-likeness (QED) is 0.156. The van der Waals surface area contributed by atoms with Crippen molar-refractivity contribution >= 4 is 67.1 Å². The van der Waals surface area contributed by atoms with Crippen molar-refractivity contribution in [3.63, 3.8) is 0 Å². The lowest BCUT2D eigenvalue weighted by Gasteiger charge is -2.13. The molecule has 0 aromatic heterocycles. The van der Waals surface area contributed by atoms with E-state index in [1.165, 1.54) is 25.3 Å². The molecule has 0 heterocycles. The molecule has 0 unspecified atom stereocenters. The minimum Gasteiger partial charge on any atom is -0.505 e. The molecule has 0 aliphatic heterocycles. The molecule has 0 atom stereocenters. The number of carbonyl (C=O) groups is 1. The summed E-state index contributed by atoms with van der Waals surface area (Å²) in [5.41, 5.74) is 0.725. The zero-order chi connectivity index (χ0) is 27.6. The first-order valence-corrected chi connectivity index (χ1v) is 13.3. The molecule has 0 saturated carbocycles. The second-order valence-electron chi connectivity index (χ2n) is 8.09. The predicted octanol–water partition coefficient (Wildman–Crippen LogP) is 7.34. The van der Waals surface area contributed by atoms with Gasteiger partial charge in [-0.1, -0.05) is 54.4 Å². The molecule has 4 rings (SSSR count). The maximum absolute atomic E-state index is 13.2. The summed E-state index contributed by atoms with van der Waals surface area (Å²) >= 11 is 12.1. The fraction of sp³-hybridized carbons (Fsp3) is 0.115. The Kier molecular flexibility index (Phi) is 7.89. The van der Waals surface area contributed by atoms with E-state index in [9.17, 15) is 22.9 Å². The molecule has 12 heteroatoms. The van der Waals surface area contributed by atoms with Crippen LogP contribution in [0.1, 0.15) is 22.8 Å². The number of nitrogens with one attached hydrogen (secondary N) is 1. The fourth-order valence-electron chi connectivity index (χ4n) is 3.90. The molecule has 4 aromatic carbocycles. The lowest BCUT2D eigenvalue weighted by atomic mass is 10.0. The zero-order valence-corrected chi connectivity index (χ0v) is 22.4. The van der Waals surface area contributed by atoms with Crippen molar-refractivity contribution < 1.29 is 27.6 Å². The highest BCUT2D eigenvalue weighted by molar-refractivity contribution is 7.86. The number of methoxy groups -OCH3 is 1. The van der Waals surface area contributed by atoms with Crippen LogP contribution >= 0.6 is 23.2 Å². The fourth-order valence-corrected chi connectivity index (χ4v) is 5.43. The topological polar surface area (TPSA) is 138 Å². The molecule has 3 N–H and O–H groups in total. The van der Waals surface area contributed by atoms with Crippen LogP contribution in [0.15, 0.2) is 75.8 Å². The molecule has 0 aliphatic carbocycles. The van der Waals surface area contributed by atoms with Gasteiger partial charge in [-0.25, -0.2) is 0 Å². The van der Waals surface area contributed by atoms with Crippen molar-refractivity contribution in [2.24, 2.45) is 10.2 Å². The van der Waals surface area contributed by atoms with Crippen molar-refractivity contribution in [3.05, 3.63) is 81.8 Å². The van der Waals surface area contributed by atoms with Gasteiger partial charge >= 0.3 is 0 Å². The zero-order valence-electron chi connectivity index (χ0n) is 20.1. The second kappa shape index (κ2) is 11.0. The Bertz CT molecular complexity index is 1710. The van der Waals surface area contributed by atoms with Gasteiger partial charge in [0.15, 0.2) is 5.75 Å². The number of anilines is 1. The minimum atomic E-state index is -4.55. The first-order valence-electron chi connectivity index (χ1n) is 11.1. The van der Waals surface area contributed by atoms with Gasteiger partial charge in [0, 0.05) is 16.5 Å². The standard InChI is InChI=1S/C26H21Cl2N3O6S/c1-3-14-10-17(13-20(28)25(14)38(34,35)36)30-31-23-18-7-5-4-6-15(18)11-19(24(23)32)26(33)29-21-9-8-16(27)12-22(21)37-2/h4-13,32H,3H2,1-2H3,(H,29,33)(H,34,35,36). The summed E-state index contributed by atoms with van der Waals surface area (Å²) in [6, 6.07) is 15.8. The number of phenols is 1. The van der Waals surface area contributed by atoms with E-state index < -0.39 is 26.7 Å². The number of rotatable bonds is 7. The van der Waals surface area contributed by atoms with Crippen LogP contribution in [0.25, 0.3) is 10.8 Å². The Morgan fingerprint density at radius 2 is 1.79 bits per heavy atom. The summed E-state index contributed by atoms with van der Waals surface area (Å²) in [5.74, 6) is -0.712. The van der Waals surface area contributed by atoms with Crippen LogP contribution in [0, 0.1) is 0 Å². The molecule has 4 aromatic rings. The van der Waals surface area contributed by atoms with E-state index in [-0.39, 0.29) is 33.9 Å². The van der Waals surface area contributed by atoms with E-state index in [0.29, 0.717) is 27.2 Å². The number of azo groups is 1. The van der Waals surface area contributed by atoms with Gasteiger partial charge in [0.25, 0.3) is 16.0 Å². The summed E-state index contributed by atoms with van der Waals surface area (Å²) in [6.07, 6.45) is 0.246. The van der Waals surface area contributed by atoms with Crippen LogP contribution < -0.4 is 10.1 Å². The first kappa shape index (κ1) is 27.3. The number of benzene rings is 4. The maximum atomic E-state index is 13.2. The molecule has 1 amide bonds. The number of ether oxygens (including phenoxy) is 1. The largest absolute Gasteiger partial charge is 0.505 e. The monoisotopic (exact) mass is 573 g/mol. The van der Waals surface area contributed by atoms with Crippen molar-refractivity contribution in [2.45, 2.75) is 18.2 Å². The number of halogens is 2. The Morgan fingerprint density at radius 1 is 1.05 bits per heavy atom. The van der Waals surface area contributed by atoms with E-state index in [4.69, 9.17) is 27.9 Å². The molecule has 0 bridgehead atoms. The smallest absolute Gasteiger partial charge is 0.296 e. The highest BCUT2D eigenvalue weighted by Gasteiger charge is 2.22.